The van der Waals surface area contributed by atoms with E-state index in [9.17, 15) is 4.79 Å². The van der Waals surface area contributed by atoms with Crippen LogP contribution in [0.25, 0.3) is 0 Å². The summed E-state index contributed by atoms with van der Waals surface area (Å²) in [4.78, 5) is 23.5. The van der Waals surface area contributed by atoms with Gasteiger partial charge in [0.25, 0.3) is 5.91 Å². The quantitative estimate of drug-likeness (QED) is 0.272. The molecule has 0 aromatic carbocycles. The minimum Gasteiger partial charge on any atom is -0.459 e. The van der Waals surface area contributed by atoms with E-state index in [4.69, 9.17) is 4.42 Å². The predicted molar refractivity (Wildman–Crippen MR) is 127 cm³/mol. The van der Waals surface area contributed by atoms with E-state index in [1.54, 1.807) is 18.4 Å². The molecule has 2 saturated heterocycles. The molecular weight excluding hydrogens is 481 g/mol. The molecule has 1 N–H and O–H groups in total. The van der Waals surface area contributed by atoms with Crippen molar-refractivity contribution in [3.8, 4) is 0 Å². The van der Waals surface area contributed by atoms with Gasteiger partial charge >= 0.3 is 0 Å². The van der Waals surface area contributed by atoms with Crippen LogP contribution in [0, 0.1) is 0 Å². The molecule has 0 bridgehead atoms. The molecule has 8 heteroatoms. The molecule has 0 radical (unpaired) electrons. The van der Waals surface area contributed by atoms with E-state index in [0.29, 0.717) is 18.8 Å². The minimum atomic E-state index is -0.0282. The van der Waals surface area contributed by atoms with Crippen molar-refractivity contribution in [2.24, 2.45) is 4.99 Å². The Morgan fingerprint density at radius 3 is 2.59 bits per heavy atom. The van der Waals surface area contributed by atoms with E-state index >= 15 is 0 Å². The number of piperazine rings is 1. The number of unbranched alkanes of at least 4 members (excludes halogenated alkanes) is 1. The highest BCUT2D eigenvalue weighted by molar-refractivity contribution is 14.0. The number of hydrogen-bond acceptors (Lipinski definition) is 4. The van der Waals surface area contributed by atoms with Crippen molar-refractivity contribution in [2.75, 3.05) is 52.9 Å². The highest BCUT2D eigenvalue weighted by Gasteiger charge is 2.25. The van der Waals surface area contributed by atoms with Crippen LogP contribution in [0.4, 0.5) is 0 Å². The van der Waals surface area contributed by atoms with E-state index in [1.807, 2.05) is 11.9 Å². The van der Waals surface area contributed by atoms with E-state index < -0.39 is 0 Å². The Bertz CT molecular complexity index is 629. The maximum atomic E-state index is 12.4. The van der Waals surface area contributed by atoms with Gasteiger partial charge in [-0.05, 0) is 57.8 Å². The van der Waals surface area contributed by atoms with Crippen LogP contribution in [-0.4, -0.2) is 85.5 Å². The lowest BCUT2D eigenvalue weighted by Crippen LogP contribution is -2.53. The number of piperidine rings is 1. The zero-order valence-corrected chi connectivity index (χ0v) is 20.1. The average Bonchev–Trinajstić information content (AvgIpc) is 3.26. The number of halogens is 1. The van der Waals surface area contributed by atoms with Crippen LogP contribution in [0.1, 0.15) is 49.6 Å². The van der Waals surface area contributed by atoms with Crippen molar-refractivity contribution in [1.82, 2.24) is 20.0 Å². The molecule has 0 saturated carbocycles. The third kappa shape index (κ3) is 6.87. The van der Waals surface area contributed by atoms with Gasteiger partial charge in [0.1, 0.15) is 0 Å². The molecule has 164 valence electrons. The fraction of sp³-hybridized carbons (Fsp3) is 0.714. The lowest BCUT2D eigenvalue weighted by Gasteiger charge is -2.36. The van der Waals surface area contributed by atoms with Crippen LogP contribution < -0.4 is 5.32 Å². The summed E-state index contributed by atoms with van der Waals surface area (Å²) < 4.78 is 5.23. The number of nitrogens with zero attached hydrogens (tertiary/aromatic N) is 4. The molecule has 1 amide bonds. The summed E-state index contributed by atoms with van der Waals surface area (Å²) in [6.07, 6.45) is 8.00. The first-order valence-corrected chi connectivity index (χ1v) is 10.7. The highest BCUT2D eigenvalue weighted by atomic mass is 127. The van der Waals surface area contributed by atoms with Crippen LogP contribution in [0.3, 0.4) is 0 Å². The second-order valence-corrected chi connectivity index (χ2v) is 7.82. The number of nitrogens with one attached hydrogen (secondary N) is 1. The van der Waals surface area contributed by atoms with E-state index in [-0.39, 0.29) is 29.9 Å². The number of amides is 1. The molecule has 3 heterocycles. The molecule has 2 aliphatic rings. The van der Waals surface area contributed by atoms with Crippen LogP contribution in [0.15, 0.2) is 27.8 Å². The van der Waals surface area contributed by atoms with E-state index in [1.165, 1.54) is 38.8 Å². The van der Waals surface area contributed by atoms with Gasteiger partial charge in [-0.2, -0.15) is 0 Å². The number of rotatable bonds is 6. The Morgan fingerprint density at radius 1 is 1.17 bits per heavy atom. The van der Waals surface area contributed by atoms with Crippen molar-refractivity contribution in [3.05, 3.63) is 24.2 Å². The Morgan fingerprint density at radius 2 is 1.93 bits per heavy atom. The minimum absolute atomic E-state index is 0. The monoisotopic (exact) mass is 517 g/mol. The fourth-order valence-electron chi connectivity index (χ4n) is 4.14. The number of carbonyl (C=O) groups is 1. The second-order valence-electron chi connectivity index (χ2n) is 7.82. The van der Waals surface area contributed by atoms with Gasteiger partial charge in [-0.25, -0.2) is 0 Å². The molecular formula is C21H36IN5O2. The lowest BCUT2D eigenvalue weighted by molar-refractivity contribution is 0.0657. The Labute approximate surface area is 191 Å². The number of guanidine groups is 1. The zero-order valence-electron chi connectivity index (χ0n) is 17.8. The molecule has 29 heavy (non-hydrogen) atoms. The van der Waals surface area contributed by atoms with Crippen LogP contribution in [-0.2, 0) is 0 Å². The number of likely N-dealkylation sites (tertiary alicyclic amines) is 1. The zero-order chi connectivity index (χ0) is 19.8. The summed E-state index contributed by atoms with van der Waals surface area (Å²) in [5, 5.41) is 3.50. The number of carbonyl (C=O) groups excluding carboxylic acids is 1. The van der Waals surface area contributed by atoms with Crippen molar-refractivity contribution in [3.63, 3.8) is 0 Å². The van der Waals surface area contributed by atoms with Crippen molar-refractivity contribution < 1.29 is 9.21 Å². The molecule has 0 spiro atoms. The van der Waals surface area contributed by atoms with Crippen molar-refractivity contribution in [2.45, 2.75) is 45.1 Å². The van der Waals surface area contributed by atoms with Crippen molar-refractivity contribution >= 4 is 35.8 Å². The van der Waals surface area contributed by atoms with Crippen LogP contribution in [0.5, 0.6) is 0 Å². The third-order valence-corrected chi connectivity index (χ3v) is 5.91. The molecule has 2 aliphatic heterocycles. The smallest absolute Gasteiger partial charge is 0.289 e. The number of aliphatic imine (C=N–C) groups is 1. The Hall–Kier alpha value is -1.29. The van der Waals surface area contributed by atoms with E-state index in [0.717, 1.165) is 38.1 Å². The van der Waals surface area contributed by atoms with Gasteiger partial charge in [-0.15, -0.1) is 24.0 Å². The Kier molecular flexibility index (Phi) is 10.3. The summed E-state index contributed by atoms with van der Waals surface area (Å²) in [6.45, 7) is 8.72. The van der Waals surface area contributed by atoms with Crippen molar-refractivity contribution in [1.29, 1.82) is 0 Å². The first kappa shape index (κ1) is 24.0. The molecule has 3 rings (SSSR count). The van der Waals surface area contributed by atoms with Gasteiger partial charge in [0.05, 0.1) is 6.26 Å². The summed E-state index contributed by atoms with van der Waals surface area (Å²) in [6, 6.07) is 4.22. The standard InChI is InChI=1S/C21H35N5O2.HI/c1-18-8-3-5-11-24(18)12-6-4-10-23-21(22-2)26-15-13-25(14-16-26)20(27)19-9-7-17-28-19;/h7,9,17-18H,3-6,8,10-16H2,1-2H3,(H,22,23);1H. The highest BCUT2D eigenvalue weighted by Crippen LogP contribution is 2.16. The Balaban J connectivity index is 0.00000300. The summed E-state index contributed by atoms with van der Waals surface area (Å²) in [7, 11) is 1.83. The topological polar surface area (TPSA) is 64.3 Å². The maximum Gasteiger partial charge on any atom is 0.289 e. The predicted octanol–water partition coefficient (Wildman–Crippen LogP) is 2.89. The number of hydrogen-bond donors (Lipinski definition) is 1. The van der Waals surface area contributed by atoms with Gasteiger partial charge in [0.15, 0.2) is 11.7 Å². The summed E-state index contributed by atoms with van der Waals surface area (Å²) in [5.74, 6) is 1.33. The summed E-state index contributed by atoms with van der Waals surface area (Å²) >= 11 is 0. The molecule has 1 aromatic heterocycles. The molecule has 1 unspecified atom stereocenters. The summed E-state index contributed by atoms with van der Waals surface area (Å²) in [5.41, 5.74) is 0. The SMILES string of the molecule is CN=C(NCCCCN1CCCCC1C)N1CCN(C(=O)c2ccco2)CC1.I. The number of furan rings is 1. The van der Waals surface area contributed by atoms with Gasteiger partial charge in [-0.1, -0.05) is 6.42 Å². The molecule has 0 aliphatic carbocycles. The van der Waals surface area contributed by atoms with Crippen LogP contribution >= 0.6 is 24.0 Å². The average molecular weight is 517 g/mol. The van der Waals surface area contributed by atoms with Crippen LogP contribution in [0.2, 0.25) is 0 Å². The van der Waals surface area contributed by atoms with Gasteiger partial charge in [-0.3, -0.25) is 9.79 Å². The van der Waals surface area contributed by atoms with Gasteiger partial charge in [0, 0.05) is 45.8 Å². The van der Waals surface area contributed by atoms with Gasteiger partial charge < -0.3 is 24.4 Å². The maximum absolute atomic E-state index is 12.4. The van der Waals surface area contributed by atoms with Gasteiger partial charge in [0.2, 0.25) is 0 Å². The first-order valence-electron chi connectivity index (χ1n) is 10.7. The molecule has 1 aromatic rings. The third-order valence-electron chi connectivity index (χ3n) is 5.91. The second kappa shape index (κ2) is 12.4. The fourth-order valence-corrected chi connectivity index (χ4v) is 4.14. The largest absolute Gasteiger partial charge is 0.459 e. The molecule has 1 atom stereocenters. The molecule has 7 nitrogen and oxygen atoms in total. The first-order chi connectivity index (χ1) is 13.7. The lowest BCUT2D eigenvalue weighted by atomic mass is 10.0. The molecule has 2 fully saturated rings. The van der Waals surface area contributed by atoms with E-state index in [2.05, 4.69) is 27.0 Å². The normalized spacial score (nSPS) is 21.0.